The van der Waals surface area contributed by atoms with E-state index in [1.807, 2.05) is 39.0 Å². The van der Waals surface area contributed by atoms with Crippen LogP contribution >= 0.6 is 15.9 Å². The number of carbonyl (C=O) groups excluding carboxylic acids is 2. The zero-order valence-corrected chi connectivity index (χ0v) is 21.7. The highest BCUT2D eigenvalue weighted by Gasteiger charge is 2.34. The van der Waals surface area contributed by atoms with Crippen molar-refractivity contribution in [3.8, 4) is 4.98 Å². The van der Waals surface area contributed by atoms with Gasteiger partial charge in [-0.25, -0.2) is 9.78 Å². The van der Waals surface area contributed by atoms with Crippen LogP contribution in [0.1, 0.15) is 77.3 Å². The number of hydrogen-bond donors (Lipinski definition) is 2. The third-order valence-electron chi connectivity index (χ3n) is 6.42. The molecule has 2 aliphatic rings. The maximum Gasteiger partial charge on any atom is 0.407 e. The second-order valence-electron chi connectivity index (χ2n) is 10.2. The first-order valence-corrected chi connectivity index (χ1v) is 12.7. The molecule has 8 nitrogen and oxygen atoms in total. The van der Waals surface area contributed by atoms with Gasteiger partial charge in [0.1, 0.15) is 16.4 Å². The van der Waals surface area contributed by atoms with Gasteiger partial charge in [0.25, 0.3) is 0 Å². The number of nitriles is 1. The highest BCUT2D eigenvalue weighted by Crippen LogP contribution is 2.37. The number of carbonyl (C=O) groups is 2. The Balaban J connectivity index is 0.00000103. The van der Waals surface area contributed by atoms with E-state index in [0.717, 1.165) is 42.3 Å². The van der Waals surface area contributed by atoms with Gasteiger partial charge >= 0.3 is 6.09 Å². The molecule has 3 N–H and O–H groups in total. The lowest BCUT2D eigenvalue weighted by atomic mass is 9.84. The molecular weight excluding hydrogens is 498 g/mol. The van der Waals surface area contributed by atoms with Crippen LogP contribution in [0.5, 0.6) is 0 Å². The van der Waals surface area contributed by atoms with Gasteiger partial charge in [-0.1, -0.05) is 25.3 Å². The average Bonchev–Trinajstić information content (AvgIpc) is 3.05. The van der Waals surface area contributed by atoms with Gasteiger partial charge in [-0.05, 0) is 64.2 Å². The van der Waals surface area contributed by atoms with Crippen molar-refractivity contribution in [3.05, 3.63) is 23.8 Å². The molecule has 4 rings (SSSR count). The predicted octanol–water partition coefficient (Wildman–Crippen LogP) is 5.40. The lowest BCUT2D eigenvalue weighted by molar-refractivity contribution is -0.123. The van der Waals surface area contributed by atoms with E-state index in [1.54, 1.807) is 4.98 Å². The molecule has 1 aromatic carbocycles. The Hall–Kier alpha value is -2.60. The molecule has 1 aromatic heterocycles. The number of nitrogen functional groups attached to an aromatic ring is 1. The van der Waals surface area contributed by atoms with Crippen molar-refractivity contribution in [3.63, 3.8) is 0 Å². The van der Waals surface area contributed by atoms with Crippen LogP contribution in [-0.4, -0.2) is 33.1 Å². The average molecular weight is 532 g/mol. The van der Waals surface area contributed by atoms with E-state index >= 15 is 0 Å². The number of rotatable bonds is 5. The summed E-state index contributed by atoms with van der Waals surface area (Å²) in [5.41, 5.74) is 8.54. The van der Waals surface area contributed by atoms with E-state index in [9.17, 15) is 9.59 Å². The number of halogens is 1. The zero-order valence-electron chi connectivity index (χ0n) is 20.1. The van der Waals surface area contributed by atoms with Crippen LogP contribution in [0.3, 0.4) is 0 Å². The molecule has 0 saturated heterocycles. The largest absolute Gasteiger partial charge is 0.444 e. The summed E-state index contributed by atoms with van der Waals surface area (Å²) < 4.78 is 7.38. The summed E-state index contributed by atoms with van der Waals surface area (Å²) in [5, 5.41) is 10.2. The number of Topliss-reactive ketones (excluding diaryl/α,β-unsaturated/α-hetero) is 1. The fourth-order valence-electron chi connectivity index (χ4n) is 4.82. The van der Waals surface area contributed by atoms with E-state index in [0.29, 0.717) is 18.2 Å². The molecule has 2 aliphatic carbocycles. The number of ketones is 1. The standard InChI is InChI=1S/C24H34N4O3.CBrN/c1-24(2,3)31-23(30)26-17-13-18(14-17)28-20-10-9-15(11-19(20)27-22(28)25)12-21(29)16-7-5-4-6-8-16;2-1-3/h9-11,16-18H,4-8,12-14H2,1-3H3,(H2,25,27)(H,26,30);. The van der Waals surface area contributed by atoms with E-state index < -0.39 is 5.60 Å². The van der Waals surface area contributed by atoms with Gasteiger partial charge in [0.05, 0.1) is 11.0 Å². The second-order valence-corrected chi connectivity index (χ2v) is 10.5. The first-order chi connectivity index (χ1) is 16.1. The molecule has 9 heteroatoms. The molecule has 2 aromatic rings. The number of hydrogen-bond acceptors (Lipinski definition) is 6. The molecule has 0 aliphatic heterocycles. The minimum Gasteiger partial charge on any atom is -0.444 e. The number of ether oxygens (including phenoxy) is 1. The molecule has 2 fully saturated rings. The number of fused-ring (bicyclic) bond motifs is 1. The van der Waals surface area contributed by atoms with Crippen LogP contribution in [0, 0.1) is 16.2 Å². The predicted molar refractivity (Wildman–Crippen MR) is 135 cm³/mol. The molecule has 2 saturated carbocycles. The Morgan fingerprint density at radius 3 is 2.53 bits per heavy atom. The minimum atomic E-state index is -0.506. The third-order valence-corrected chi connectivity index (χ3v) is 6.42. The van der Waals surface area contributed by atoms with Crippen LogP contribution in [0.25, 0.3) is 11.0 Å². The van der Waals surface area contributed by atoms with Crippen LogP contribution in [0.2, 0.25) is 0 Å². The first-order valence-electron chi connectivity index (χ1n) is 11.9. The topological polar surface area (TPSA) is 123 Å². The van der Waals surface area contributed by atoms with Crippen molar-refractivity contribution >= 4 is 44.8 Å². The Labute approximate surface area is 209 Å². The number of nitrogens with one attached hydrogen (secondary N) is 1. The molecular formula is C25H34BrN5O3. The quantitative estimate of drug-likeness (QED) is 0.532. The summed E-state index contributed by atoms with van der Waals surface area (Å²) in [6.07, 6.45) is 7.31. The Morgan fingerprint density at radius 2 is 1.91 bits per heavy atom. The molecule has 0 bridgehead atoms. The van der Waals surface area contributed by atoms with Crippen LogP contribution < -0.4 is 11.1 Å². The lowest BCUT2D eigenvalue weighted by Crippen LogP contribution is -2.46. The minimum absolute atomic E-state index is 0.0732. The number of nitrogens with two attached hydrogens (primary N) is 1. The van der Waals surface area contributed by atoms with Crippen LogP contribution in [-0.2, 0) is 16.0 Å². The second kappa shape index (κ2) is 11.2. The van der Waals surface area contributed by atoms with Gasteiger partial charge in [-0.2, -0.15) is 5.26 Å². The summed E-state index contributed by atoms with van der Waals surface area (Å²) in [5.74, 6) is 1.05. The van der Waals surface area contributed by atoms with E-state index in [1.165, 1.54) is 19.3 Å². The molecule has 0 unspecified atom stereocenters. The van der Waals surface area contributed by atoms with Gasteiger partial charge < -0.3 is 20.4 Å². The monoisotopic (exact) mass is 531 g/mol. The number of benzene rings is 1. The van der Waals surface area contributed by atoms with Crippen molar-refractivity contribution in [1.82, 2.24) is 14.9 Å². The molecule has 34 heavy (non-hydrogen) atoms. The van der Waals surface area contributed by atoms with E-state index in [2.05, 4.69) is 30.8 Å². The highest BCUT2D eigenvalue weighted by molar-refractivity contribution is 9.12. The van der Waals surface area contributed by atoms with Crippen molar-refractivity contribution in [2.24, 2.45) is 5.92 Å². The molecule has 1 heterocycles. The fraction of sp³-hybridized carbons (Fsp3) is 0.600. The number of anilines is 1. The summed E-state index contributed by atoms with van der Waals surface area (Å²) in [6, 6.07) is 6.31. The molecule has 1 amide bonds. The zero-order chi connectivity index (χ0) is 24.9. The molecule has 0 radical (unpaired) electrons. The van der Waals surface area contributed by atoms with Gasteiger partial charge in [0.2, 0.25) is 5.95 Å². The van der Waals surface area contributed by atoms with Crippen molar-refractivity contribution in [1.29, 1.82) is 5.26 Å². The first kappa shape index (κ1) is 26.0. The summed E-state index contributed by atoms with van der Waals surface area (Å²) in [7, 11) is 0. The number of amides is 1. The summed E-state index contributed by atoms with van der Waals surface area (Å²) in [6.45, 7) is 5.56. The maximum atomic E-state index is 12.7. The number of alkyl carbamates (subject to hydrolysis) is 1. The fourth-order valence-corrected chi connectivity index (χ4v) is 4.82. The Bertz CT molecular complexity index is 1060. The summed E-state index contributed by atoms with van der Waals surface area (Å²) in [4.78, 5) is 30.7. The van der Waals surface area contributed by atoms with Crippen LogP contribution in [0.4, 0.5) is 10.7 Å². The van der Waals surface area contributed by atoms with E-state index in [4.69, 9.17) is 15.7 Å². The number of nitrogens with zero attached hydrogens (tertiary/aromatic N) is 3. The Morgan fingerprint density at radius 1 is 1.26 bits per heavy atom. The maximum absolute atomic E-state index is 12.7. The van der Waals surface area contributed by atoms with Crippen molar-refractivity contribution in [2.45, 2.75) is 89.8 Å². The van der Waals surface area contributed by atoms with Crippen LogP contribution in [0.15, 0.2) is 18.2 Å². The normalized spacial score (nSPS) is 20.4. The number of imidazole rings is 1. The summed E-state index contributed by atoms with van der Waals surface area (Å²) >= 11 is 2.45. The molecule has 0 spiro atoms. The smallest absolute Gasteiger partial charge is 0.407 e. The third kappa shape index (κ3) is 6.72. The van der Waals surface area contributed by atoms with Gasteiger partial charge in [0, 0.05) is 40.4 Å². The highest BCUT2D eigenvalue weighted by atomic mass is 79.9. The van der Waals surface area contributed by atoms with E-state index in [-0.39, 0.29) is 24.1 Å². The van der Waals surface area contributed by atoms with Crippen molar-refractivity contribution < 1.29 is 14.3 Å². The van der Waals surface area contributed by atoms with Crippen molar-refractivity contribution in [2.75, 3.05) is 5.73 Å². The lowest BCUT2D eigenvalue weighted by Gasteiger charge is -2.37. The van der Waals surface area contributed by atoms with Gasteiger partial charge in [-0.15, -0.1) is 0 Å². The molecule has 184 valence electrons. The van der Waals surface area contributed by atoms with Gasteiger partial charge in [0.15, 0.2) is 0 Å². The SMILES string of the molecule is CC(C)(C)OC(=O)NC1CC(n2c(N)nc3cc(CC(=O)C4CCCCC4)ccc32)C1.N#CBr. The Kier molecular flexibility index (Phi) is 8.58. The molecule has 0 atom stereocenters. The van der Waals surface area contributed by atoms with Gasteiger partial charge in [-0.3, -0.25) is 4.79 Å². The number of aromatic nitrogens is 2.